The third kappa shape index (κ3) is 2.40. The van der Waals surface area contributed by atoms with E-state index in [1.807, 2.05) is 6.92 Å². The first-order valence-corrected chi connectivity index (χ1v) is 7.18. The van der Waals surface area contributed by atoms with Crippen LogP contribution in [0.25, 0.3) is 0 Å². The van der Waals surface area contributed by atoms with Gasteiger partial charge in [-0.25, -0.2) is 5.84 Å². The molecule has 20 heavy (non-hydrogen) atoms. The average Bonchev–Trinajstić information content (AvgIpc) is 2.37. The molecule has 1 aromatic carbocycles. The van der Waals surface area contributed by atoms with Gasteiger partial charge in [0.25, 0.3) is 5.91 Å². The number of aryl methyl sites for hydroxylation is 1. The maximum Gasteiger partial charge on any atom is 0.256 e. The summed E-state index contributed by atoms with van der Waals surface area (Å²) in [5, 5.41) is 0. The second-order valence-corrected chi connectivity index (χ2v) is 6.53. The van der Waals surface area contributed by atoms with Gasteiger partial charge in [0.2, 0.25) is 0 Å². The molecule has 0 aromatic heterocycles. The van der Waals surface area contributed by atoms with E-state index in [9.17, 15) is 4.79 Å². The first kappa shape index (κ1) is 14.9. The van der Waals surface area contributed by atoms with E-state index in [0.717, 1.165) is 12.1 Å². The number of fused-ring (bicyclic) bond motifs is 1. The van der Waals surface area contributed by atoms with E-state index in [2.05, 4.69) is 56.2 Å². The third-order valence-corrected chi connectivity index (χ3v) is 4.34. The van der Waals surface area contributed by atoms with E-state index >= 15 is 0 Å². The molecule has 110 valence electrons. The lowest BCUT2D eigenvalue weighted by molar-refractivity contribution is -0.122. The van der Waals surface area contributed by atoms with E-state index in [-0.39, 0.29) is 17.5 Å². The van der Waals surface area contributed by atoms with Crippen LogP contribution in [0, 0.1) is 6.92 Å². The zero-order chi connectivity index (χ0) is 15.1. The second kappa shape index (κ2) is 5.09. The summed E-state index contributed by atoms with van der Waals surface area (Å²) in [5.41, 5.74) is 5.92. The van der Waals surface area contributed by atoms with E-state index in [0.29, 0.717) is 5.92 Å². The van der Waals surface area contributed by atoms with Gasteiger partial charge in [-0.1, -0.05) is 24.6 Å². The summed E-state index contributed by atoms with van der Waals surface area (Å²) in [7, 11) is 0. The highest BCUT2D eigenvalue weighted by Gasteiger charge is 2.40. The molecule has 2 rings (SSSR count). The quantitative estimate of drug-likeness (QED) is 0.495. The second-order valence-electron chi connectivity index (χ2n) is 6.53. The molecule has 0 unspecified atom stereocenters. The molecule has 0 fully saturated rings. The molecule has 0 bridgehead atoms. The molecule has 1 heterocycles. The molecule has 3 N–H and O–H groups in total. The number of amides is 1. The van der Waals surface area contributed by atoms with E-state index in [1.165, 1.54) is 11.1 Å². The van der Waals surface area contributed by atoms with Crippen LogP contribution in [0.2, 0.25) is 0 Å². The summed E-state index contributed by atoms with van der Waals surface area (Å²) in [4.78, 5) is 14.2. The molecule has 0 spiro atoms. The number of benzene rings is 1. The van der Waals surface area contributed by atoms with Crippen LogP contribution >= 0.6 is 0 Å². The van der Waals surface area contributed by atoms with Crippen LogP contribution < -0.4 is 16.2 Å². The van der Waals surface area contributed by atoms with Crippen LogP contribution in [0.15, 0.2) is 18.2 Å². The van der Waals surface area contributed by atoms with Crippen LogP contribution in [-0.2, 0) is 4.79 Å². The first-order chi connectivity index (χ1) is 9.27. The SMILES string of the molecule is Cc1ccc2c(c1)[C@H](C)CC(C)(C)N2[C@@H](C)C(=O)NN. The fourth-order valence-corrected chi connectivity index (χ4v) is 3.54. The summed E-state index contributed by atoms with van der Waals surface area (Å²) in [5.74, 6) is 5.65. The number of nitrogens with two attached hydrogens (primary N) is 1. The van der Waals surface area contributed by atoms with Gasteiger partial charge in [-0.05, 0) is 51.7 Å². The zero-order valence-corrected chi connectivity index (χ0v) is 13.0. The molecule has 0 saturated heterocycles. The van der Waals surface area contributed by atoms with Crippen LogP contribution in [0.4, 0.5) is 5.69 Å². The Kier molecular flexibility index (Phi) is 3.78. The highest BCUT2D eigenvalue weighted by molar-refractivity contribution is 5.85. The largest absolute Gasteiger partial charge is 0.354 e. The summed E-state index contributed by atoms with van der Waals surface area (Å²) < 4.78 is 0. The van der Waals surface area contributed by atoms with Gasteiger partial charge in [0, 0.05) is 11.2 Å². The van der Waals surface area contributed by atoms with Crippen molar-refractivity contribution in [2.45, 2.75) is 58.5 Å². The Hall–Kier alpha value is -1.55. The lowest BCUT2D eigenvalue weighted by atomic mass is 9.78. The maximum atomic E-state index is 12.0. The van der Waals surface area contributed by atoms with Gasteiger partial charge in [0.15, 0.2) is 0 Å². The minimum Gasteiger partial charge on any atom is -0.354 e. The number of hydrazine groups is 1. The van der Waals surface area contributed by atoms with Crippen LogP contribution in [0.1, 0.15) is 51.2 Å². The monoisotopic (exact) mass is 275 g/mol. The van der Waals surface area contributed by atoms with E-state index in [4.69, 9.17) is 5.84 Å². The van der Waals surface area contributed by atoms with Crippen molar-refractivity contribution >= 4 is 11.6 Å². The molecule has 1 aliphatic heterocycles. The van der Waals surface area contributed by atoms with Gasteiger partial charge in [-0.2, -0.15) is 0 Å². The molecule has 0 saturated carbocycles. The Bertz CT molecular complexity index is 524. The van der Waals surface area contributed by atoms with Gasteiger partial charge in [-0.3, -0.25) is 10.2 Å². The minimum absolute atomic E-state index is 0.0758. The molecule has 1 amide bonds. The molecule has 4 heteroatoms. The number of hydrogen-bond acceptors (Lipinski definition) is 3. The number of carbonyl (C=O) groups is 1. The Morgan fingerprint density at radius 2 is 2.15 bits per heavy atom. The van der Waals surface area contributed by atoms with E-state index in [1.54, 1.807) is 0 Å². The van der Waals surface area contributed by atoms with Crippen molar-refractivity contribution in [3.05, 3.63) is 29.3 Å². The van der Waals surface area contributed by atoms with Gasteiger partial charge in [-0.15, -0.1) is 0 Å². The number of nitrogens with zero attached hydrogens (tertiary/aromatic N) is 1. The van der Waals surface area contributed by atoms with Gasteiger partial charge >= 0.3 is 0 Å². The normalized spacial score (nSPS) is 22.1. The Balaban J connectivity index is 2.54. The molecular formula is C16H25N3O. The fraction of sp³-hybridized carbons (Fsp3) is 0.562. The first-order valence-electron chi connectivity index (χ1n) is 7.18. The van der Waals surface area contributed by atoms with Crippen LogP contribution in [0.5, 0.6) is 0 Å². The maximum absolute atomic E-state index is 12.0. The molecule has 0 radical (unpaired) electrons. The summed E-state index contributed by atoms with van der Waals surface area (Å²) >= 11 is 0. The molecule has 0 aliphatic carbocycles. The van der Waals surface area contributed by atoms with Crippen molar-refractivity contribution in [1.29, 1.82) is 0 Å². The van der Waals surface area contributed by atoms with Gasteiger partial charge in [0.1, 0.15) is 6.04 Å². The molecule has 1 aliphatic rings. The summed E-state index contributed by atoms with van der Waals surface area (Å²) in [6, 6.07) is 6.18. The number of nitrogens with one attached hydrogen (secondary N) is 1. The van der Waals surface area contributed by atoms with Crippen molar-refractivity contribution in [1.82, 2.24) is 5.43 Å². The highest BCUT2D eigenvalue weighted by atomic mass is 16.2. The van der Waals surface area contributed by atoms with Gasteiger partial charge in [0.05, 0.1) is 0 Å². The number of anilines is 1. The number of hydrogen-bond donors (Lipinski definition) is 2. The number of rotatable bonds is 2. The smallest absolute Gasteiger partial charge is 0.256 e. The Morgan fingerprint density at radius 3 is 2.75 bits per heavy atom. The summed E-state index contributed by atoms with van der Waals surface area (Å²) in [6.07, 6.45) is 1.02. The predicted molar refractivity (Wildman–Crippen MR) is 82.6 cm³/mol. The van der Waals surface area contributed by atoms with Crippen LogP contribution in [-0.4, -0.2) is 17.5 Å². The van der Waals surface area contributed by atoms with Crippen molar-refractivity contribution < 1.29 is 4.79 Å². The molecule has 4 nitrogen and oxygen atoms in total. The lowest BCUT2D eigenvalue weighted by Gasteiger charge is -2.50. The number of carbonyl (C=O) groups excluding carboxylic acids is 1. The third-order valence-electron chi connectivity index (χ3n) is 4.34. The fourth-order valence-electron chi connectivity index (χ4n) is 3.54. The van der Waals surface area contributed by atoms with Crippen molar-refractivity contribution in [2.75, 3.05) is 4.90 Å². The van der Waals surface area contributed by atoms with Gasteiger partial charge < -0.3 is 4.90 Å². The van der Waals surface area contributed by atoms with Crippen molar-refractivity contribution in [3.8, 4) is 0 Å². The topological polar surface area (TPSA) is 58.4 Å². The lowest BCUT2D eigenvalue weighted by Crippen LogP contribution is -2.58. The average molecular weight is 275 g/mol. The standard InChI is InChI=1S/C16H25N3O/c1-10-6-7-14-13(8-10)11(2)9-16(4,5)19(14)12(3)15(20)18-17/h6-8,11-12H,9,17H2,1-5H3,(H,18,20)/t11-,12+/m1/s1. The van der Waals surface area contributed by atoms with E-state index < -0.39 is 0 Å². The molecule has 1 aromatic rings. The van der Waals surface area contributed by atoms with Crippen molar-refractivity contribution in [2.24, 2.45) is 5.84 Å². The summed E-state index contributed by atoms with van der Waals surface area (Å²) in [6.45, 7) is 10.6. The minimum atomic E-state index is -0.288. The molecular weight excluding hydrogens is 250 g/mol. The molecule has 2 atom stereocenters. The predicted octanol–water partition coefficient (Wildman–Crippen LogP) is 2.47. The zero-order valence-electron chi connectivity index (χ0n) is 13.0. The van der Waals surface area contributed by atoms with Crippen LogP contribution in [0.3, 0.4) is 0 Å². The Morgan fingerprint density at radius 1 is 1.50 bits per heavy atom. The van der Waals surface area contributed by atoms with Crippen molar-refractivity contribution in [3.63, 3.8) is 0 Å². The Labute approximate surface area is 121 Å². The highest BCUT2D eigenvalue weighted by Crippen LogP contribution is 2.44.